The predicted molar refractivity (Wildman–Crippen MR) is 64.8 cm³/mol. The van der Waals surface area contributed by atoms with E-state index in [1.807, 2.05) is 0 Å². The third-order valence-corrected chi connectivity index (χ3v) is 6.75. The van der Waals surface area contributed by atoms with E-state index >= 15 is 0 Å². The van der Waals surface area contributed by atoms with Crippen LogP contribution in [0.3, 0.4) is 0 Å². The van der Waals surface area contributed by atoms with Gasteiger partial charge in [0.15, 0.2) is 5.12 Å². The van der Waals surface area contributed by atoms with E-state index in [4.69, 9.17) is 6.42 Å². The van der Waals surface area contributed by atoms with Gasteiger partial charge in [-0.1, -0.05) is 19.0 Å². The summed E-state index contributed by atoms with van der Waals surface area (Å²) in [4.78, 5) is 10.9. The highest BCUT2D eigenvalue weighted by Crippen LogP contribution is 2.28. The van der Waals surface area contributed by atoms with Gasteiger partial charge >= 0.3 is 0 Å². The van der Waals surface area contributed by atoms with Crippen molar-refractivity contribution in [2.75, 3.05) is 6.54 Å². The molecule has 1 saturated heterocycles. The smallest absolute Gasteiger partial charge is 0.188 e. The molecule has 14 heavy (non-hydrogen) atoms. The van der Waals surface area contributed by atoms with Crippen LogP contribution in [-0.2, 0) is 4.79 Å². The van der Waals surface area contributed by atoms with Crippen molar-refractivity contribution in [2.24, 2.45) is 0 Å². The third-order valence-electron chi connectivity index (χ3n) is 2.90. The molecule has 0 aromatic heterocycles. The van der Waals surface area contributed by atoms with Gasteiger partial charge in [-0.2, -0.15) is 0 Å². The summed E-state index contributed by atoms with van der Waals surface area (Å²) in [6.07, 6.45) is 7.07. The summed E-state index contributed by atoms with van der Waals surface area (Å²) in [6, 6.07) is 1.26. The van der Waals surface area contributed by atoms with Crippen LogP contribution in [0.15, 0.2) is 0 Å². The van der Waals surface area contributed by atoms with Crippen LogP contribution in [0.25, 0.3) is 0 Å². The van der Waals surface area contributed by atoms with Crippen LogP contribution in [0.2, 0.25) is 19.1 Å². The molecule has 4 heteroatoms. The van der Waals surface area contributed by atoms with Crippen molar-refractivity contribution >= 4 is 26.0 Å². The van der Waals surface area contributed by atoms with Crippen molar-refractivity contribution in [1.29, 1.82) is 0 Å². The second-order valence-electron chi connectivity index (χ2n) is 4.39. The molecule has 0 amide bonds. The van der Waals surface area contributed by atoms with E-state index in [0.29, 0.717) is 6.42 Å². The van der Waals surface area contributed by atoms with E-state index in [-0.39, 0.29) is 11.2 Å². The van der Waals surface area contributed by atoms with Crippen LogP contribution >= 0.6 is 12.6 Å². The van der Waals surface area contributed by atoms with Crippen LogP contribution in [0, 0.1) is 12.3 Å². The monoisotopic (exact) mass is 227 g/mol. The molecule has 1 rings (SSSR count). The van der Waals surface area contributed by atoms with E-state index in [9.17, 15) is 4.79 Å². The topological polar surface area (TPSA) is 20.3 Å². The second kappa shape index (κ2) is 4.52. The van der Waals surface area contributed by atoms with Gasteiger partial charge in [0, 0.05) is 6.42 Å². The van der Waals surface area contributed by atoms with Crippen LogP contribution < -0.4 is 0 Å². The Morgan fingerprint density at radius 1 is 1.71 bits per heavy atom. The summed E-state index contributed by atoms with van der Waals surface area (Å²) in [7, 11) is -1.32. The first-order chi connectivity index (χ1) is 6.47. The van der Waals surface area contributed by atoms with E-state index < -0.39 is 8.24 Å². The van der Waals surface area contributed by atoms with Crippen LogP contribution in [-0.4, -0.2) is 30.5 Å². The van der Waals surface area contributed by atoms with Crippen LogP contribution in [0.1, 0.15) is 12.8 Å². The summed E-state index contributed by atoms with van der Waals surface area (Å²) in [5, 5.41) is -0.107. The summed E-state index contributed by atoms with van der Waals surface area (Å²) in [5.41, 5.74) is 0. The molecule has 0 bridgehead atoms. The number of hydrogen-bond donors (Lipinski definition) is 1. The fourth-order valence-corrected chi connectivity index (χ4v) is 5.39. The molecule has 1 atom stereocenters. The standard InChI is InChI=1S/C10H17NOSSi/c1-4-9(8-10(12)13)11-6-5-7-14(11,2)3/h1,9H,5-8H2,2-3H3,(H,12,13). The molecule has 0 N–H and O–H groups in total. The number of nitrogens with zero attached hydrogens (tertiary/aromatic N) is 1. The first-order valence-electron chi connectivity index (χ1n) is 4.92. The lowest BCUT2D eigenvalue weighted by Gasteiger charge is -2.33. The lowest BCUT2D eigenvalue weighted by atomic mass is 10.2. The Labute approximate surface area is 92.6 Å². The van der Waals surface area contributed by atoms with Gasteiger partial charge < -0.3 is 4.57 Å². The zero-order chi connectivity index (χ0) is 10.8. The number of carbonyl (C=O) groups excluding carboxylic acids is 1. The Bertz CT molecular complexity index is 272. The molecule has 1 heterocycles. The minimum Gasteiger partial charge on any atom is -0.311 e. The average molecular weight is 227 g/mol. The molecule has 1 fully saturated rings. The van der Waals surface area contributed by atoms with Gasteiger partial charge in [0.25, 0.3) is 0 Å². The quantitative estimate of drug-likeness (QED) is 0.450. The van der Waals surface area contributed by atoms with E-state index in [1.54, 1.807) is 0 Å². The predicted octanol–water partition coefficient (Wildman–Crippen LogP) is 1.75. The van der Waals surface area contributed by atoms with Gasteiger partial charge in [-0.05, 0) is 19.0 Å². The minimum atomic E-state index is -1.32. The fourth-order valence-electron chi connectivity index (χ4n) is 2.13. The van der Waals surface area contributed by atoms with Gasteiger partial charge in [0.2, 0.25) is 0 Å². The van der Waals surface area contributed by atoms with E-state index in [0.717, 1.165) is 6.54 Å². The molecule has 1 unspecified atom stereocenters. The van der Waals surface area contributed by atoms with Crippen molar-refractivity contribution in [3.63, 3.8) is 0 Å². The molecule has 1 aliphatic heterocycles. The van der Waals surface area contributed by atoms with Gasteiger partial charge in [-0.25, -0.2) is 0 Å². The van der Waals surface area contributed by atoms with Gasteiger partial charge in [0.1, 0.15) is 8.24 Å². The Kier molecular flexibility index (Phi) is 3.82. The Morgan fingerprint density at radius 3 is 2.71 bits per heavy atom. The molecule has 0 aromatic rings. The highest BCUT2D eigenvalue weighted by molar-refractivity contribution is 7.96. The lowest BCUT2D eigenvalue weighted by Crippen LogP contribution is -2.49. The Balaban J connectivity index is 2.70. The normalized spacial score (nSPS) is 23.0. The maximum Gasteiger partial charge on any atom is 0.188 e. The molecule has 78 valence electrons. The first-order valence-corrected chi connectivity index (χ1v) is 8.52. The van der Waals surface area contributed by atoms with E-state index in [2.05, 4.69) is 36.2 Å². The number of carbonyl (C=O) groups is 1. The highest BCUT2D eigenvalue weighted by Gasteiger charge is 2.38. The minimum absolute atomic E-state index is 0.0239. The number of thiol groups is 1. The average Bonchev–Trinajstić information content (AvgIpc) is 2.41. The van der Waals surface area contributed by atoms with Crippen molar-refractivity contribution in [2.45, 2.75) is 38.0 Å². The molecular formula is C10H17NOSSi. The maximum atomic E-state index is 10.9. The molecule has 0 aromatic carbocycles. The highest BCUT2D eigenvalue weighted by atomic mass is 32.1. The van der Waals surface area contributed by atoms with Crippen molar-refractivity contribution < 1.29 is 4.79 Å². The second-order valence-corrected chi connectivity index (χ2v) is 9.59. The molecule has 0 saturated carbocycles. The van der Waals surface area contributed by atoms with Gasteiger partial charge in [0.05, 0.1) is 6.04 Å². The summed E-state index contributed by atoms with van der Waals surface area (Å²) >= 11 is 3.80. The summed E-state index contributed by atoms with van der Waals surface area (Å²) in [5.74, 6) is 2.72. The van der Waals surface area contributed by atoms with Crippen molar-refractivity contribution in [3.05, 3.63) is 0 Å². The Hall–Kier alpha value is -0.243. The summed E-state index contributed by atoms with van der Waals surface area (Å²) in [6.45, 7) is 5.68. The lowest BCUT2D eigenvalue weighted by molar-refractivity contribution is -0.111. The first kappa shape index (κ1) is 11.8. The van der Waals surface area contributed by atoms with Crippen LogP contribution in [0.5, 0.6) is 0 Å². The Morgan fingerprint density at radius 2 is 2.36 bits per heavy atom. The molecule has 0 aliphatic carbocycles. The van der Waals surface area contributed by atoms with Gasteiger partial charge in [-0.15, -0.1) is 19.1 Å². The molecule has 2 nitrogen and oxygen atoms in total. The maximum absolute atomic E-state index is 10.9. The van der Waals surface area contributed by atoms with Crippen molar-refractivity contribution in [1.82, 2.24) is 4.57 Å². The molecule has 1 aliphatic rings. The van der Waals surface area contributed by atoms with Crippen LogP contribution in [0.4, 0.5) is 0 Å². The third kappa shape index (κ3) is 2.63. The summed E-state index contributed by atoms with van der Waals surface area (Å²) < 4.78 is 2.38. The largest absolute Gasteiger partial charge is 0.311 e. The fraction of sp³-hybridized carbons (Fsp3) is 0.700. The zero-order valence-electron chi connectivity index (χ0n) is 8.79. The van der Waals surface area contributed by atoms with Gasteiger partial charge in [-0.3, -0.25) is 4.79 Å². The molecule has 0 radical (unpaired) electrons. The number of terminal acetylenes is 1. The number of rotatable bonds is 3. The molecule has 0 spiro atoms. The van der Waals surface area contributed by atoms with Crippen molar-refractivity contribution in [3.8, 4) is 12.3 Å². The SMILES string of the molecule is C#CC(CC(=O)S)N1CCC[Si]1(C)C. The number of hydrogen-bond acceptors (Lipinski definition) is 2. The zero-order valence-corrected chi connectivity index (χ0v) is 10.7. The van der Waals surface area contributed by atoms with E-state index in [1.165, 1.54) is 12.5 Å². The molecular weight excluding hydrogens is 210 g/mol.